The first-order chi connectivity index (χ1) is 8.59. The van der Waals surface area contributed by atoms with E-state index in [1.165, 1.54) is 0 Å². The number of rotatable bonds is 3. The number of aromatic nitrogens is 1. The molecule has 0 bridgehead atoms. The fraction of sp³-hybridized carbons (Fsp3) is 0.538. The van der Waals surface area contributed by atoms with E-state index in [9.17, 15) is 9.90 Å². The number of nitrogens with two attached hydrogens (primary N) is 1. The lowest BCUT2D eigenvalue weighted by Gasteiger charge is -2.34. The van der Waals surface area contributed by atoms with Crippen molar-refractivity contribution in [2.75, 3.05) is 11.4 Å². The Morgan fingerprint density at radius 1 is 1.56 bits per heavy atom. The smallest absolute Gasteiger partial charge is 0.240 e. The number of primary amides is 1. The molecule has 2 atom stereocenters. The lowest BCUT2D eigenvalue weighted by atomic mass is 10.0. The molecular formula is C13H19N3O2. The summed E-state index contributed by atoms with van der Waals surface area (Å²) in [6, 6.07) is 3.41. The molecule has 1 aliphatic heterocycles. The second kappa shape index (κ2) is 5.35. The van der Waals surface area contributed by atoms with Crippen LogP contribution in [0.2, 0.25) is 0 Å². The first-order valence-electron chi connectivity index (χ1n) is 6.29. The summed E-state index contributed by atoms with van der Waals surface area (Å²) in [6.07, 6.45) is 3.97. The topological polar surface area (TPSA) is 79.5 Å². The zero-order valence-corrected chi connectivity index (χ0v) is 10.5. The van der Waals surface area contributed by atoms with Gasteiger partial charge in [-0.05, 0) is 37.8 Å². The van der Waals surface area contributed by atoms with Crippen LogP contribution in [0.5, 0.6) is 0 Å². The molecule has 0 aliphatic carbocycles. The fourth-order valence-corrected chi connectivity index (χ4v) is 2.32. The zero-order valence-electron chi connectivity index (χ0n) is 10.5. The molecule has 5 nitrogen and oxygen atoms in total. The molecule has 0 radical (unpaired) electrons. The maximum atomic E-state index is 11.4. The van der Waals surface area contributed by atoms with Gasteiger partial charge >= 0.3 is 0 Å². The van der Waals surface area contributed by atoms with Gasteiger partial charge in [0.1, 0.15) is 11.9 Å². The summed E-state index contributed by atoms with van der Waals surface area (Å²) in [7, 11) is 0. The number of hydrogen-bond donors (Lipinski definition) is 2. The molecule has 2 rings (SSSR count). The quantitative estimate of drug-likeness (QED) is 0.837. The molecular weight excluding hydrogens is 230 g/mol. The SMILES string of the molecule is C[C@H](O)c1ccc(N2CCCCC2C(N)=O)nc1. The highest BCUT2D eigenvalue weighted by Gasteiger charge is 2.27. The summed E-state index contributed by atoms with van der Waals surface area (Å²) in [5, 5.41) is 9.44. The summed E-state index contributed by atoms with van der Waals surface area (Å²) in [6.45, 7) is 2.50. The summed E-state index contributed by atoms with van der Waals surface area (Å²) >= 11 is 0. The van der Waals surface area contributed by atoms with E-state index in [2.05, 4.69) is 4.98 Å². The van der Waals surface area contributed by atoms with Gasteiger partial charge in [-0.15, -0.1) is 0 Å². The lowest BCUT2D eigenvalue weighted by molar-refractivity contribution is -0.119. The van der Waals surface area contributed by atoms with Crippen molar-refractivity contribution in [1.29, 1.82) is 0 Å². The van der Waals surface area contributed by atoms with Gasteiger partial charge in [0, 0.05) is 12.7 Å². The van der Waals surface area contributed by atoms with Crippen LogP contribution in [-0.2, 0) is 4.79 Å². The Kier molecular flexibility index (Phi) is 3.81. The first-order valence-corrected chi connectivity index (χ1v) is 6.29. The Hall–Kier alpha value is -1.62. The Morgan fingerprint density at radius 3 is 2.89 bits per heavy atom. The third kappa shape index (κ3) is 2.61. The van der Waals surface area contributed by atoms with Gasteiger partial charge < -0.3 is 15.7 Å². The van der Waals surface area contributed by atoms with E-state index in [1.54, 1.807) is 13.1 Å². The van der Waals surface area contributed by atoms with Crippen LogP contribution in [0.3, 0.4) is 0 Å². The number of aliphatic hydroxyl groups excluding tert-OH is 1. The van der Waals surface area contributed by atoms with Gasteiger partial charge in [-0.1, -0.05) is 6.07 Å². The number of amides is 1. The normalized spacial score (nSPS) is 21.7. The Balaban J connectivity index is 2.20. The van der Waals surface area contributed by atoms with Crippen molar-refractivity contribution >= 4 is 11.7 Å². The van der Waals surface area contributed by atoms with E-state index >= 15 is 0 Å². The highest BCUT2D eigenvalue weighted by Crippen LogP contribution is 2.24. The minimum atomic E-state index is -0.528. The third-order valence-electron chi connectivity index (χ3n) is 3.38. The van der Waals surface area contributed by atoms with E-state index in [0.29, 0.717) is 0 Å². The van der Waals surface area contributed by atoms with Crippen molar-refractivity contribution in [3.05, 3.63) is 23.9 Å². The number of aliphatic hydroxyl groups is 1. The van der Waals surface area contributed by atoms with Crippen LogP contribution >= 0.6 is 0 Å². The monoisotopic (exact) mass is 249 g/mol. The van der Waals surface area contributed by atoms with Crippen molar-refractivity contribution in [1.82, 2.24) is 4.98 Å². The van der Waals surface area contributed by atoms with Crippen LogP contribution in [0.1, 0.15) is 37.9 Å². The van der Waals surface area contributed by atoms with Crippen molar-refractivity contribution in [3.8, 4) is 0 Å². The molecule has 1 aromatic rings. The van der Waals surface area contributed by atoms with Gasteiger partial charge in [0.25, 0.3) is 0 Å². The van der Waals surface area contributed by atoms with Crippen LogP contribution in [0.25, 0.3) is 0 Å². The molecule has 0 spiro atoms. The maximum Gasteiger partial charge on any atom is 0.240 e. The lowest BCUT2D eigenvalue weighted by Crippen LogP contribution is -2.48. The first kappa shape index (κ1) is 12.8. The zero-order chi connectivity index (χ0) is 13.1. The van der Waals surface area contributed by atoms with Crippen molar-refractivity contribution < 1.29 is 9.90 Å². The molecule has 1 fully saturated rings. The predicted molar refractivity (Wildman–Crippen MR) is 69.1 cm³/mol. The summed E-state index contributed by atoms with van der Waals surface area (Å²) < 4.78 is 0. The number of anilines is 1. The average Bonchev–Trinajstić information content (AvgIpc) is 2.39. The molecule has 18 heavy (non-hydrogen) atoms. The molecule has 1 unspecified atom stereocenters. The molecule has 0 aromatic carbocycles. The van der Waals surface area contributed by atoms with E-state index in [-0.39, 0.29) is 11.9 Å². The van der Waals surface area contributed by atoms with E-state index < -0.39 is 6.10 Å². The van der Waals surface area contributed by atoms with Gasteiger partial charge in [-0.3, -0.25) is 4.79 Å². The number of hydrogen-bond acceptors (Lipinski definition) is 4. The number of carbonyl (C=O) groups is 1. The molecule has 3 N–H and O–H groups in total. The predicted octanol–water partition coefficient (Wildman–Crippen LogP) is 0.979. The molecule has 5 heteroatoms. The highest BCUT2D eigenvalue weighted by atomic mass is 16.3. The molecule has 2 heterocycles. The third-order valence-corrected chi connectivity index (χ3v) is 3.38. The number of nitrogens with zero attached hydrogens (tertiary/aromatic N) is 2. The van der Waals surface area contributed by atoms with Crippen molar-refractivity contribution in [3.63, 3.8) is 0 Å². The second-order valence-electron chi connectivity index (χ2n) is 4.73. The highest BCUT2D eigenvalue weighted by molar-refractivity contribution is 5.83. The number of pyridine rings is 1. The Morgan fingerprint density at radius 2 is 2.33 bits per heavy atom. The largest absolute Gasteiger partial charge is 0.389 e. The number of piperidine rings is 1. The second-order valence-corrected chi connectivity index (χ2v) is 4.73. The van der Waals surface area contributed by atoms with Gasteiger partial charge in [0.15, 0.2) is 0 Å². The van der Waals surface area contributed by atoms with Gasteiger partial charge in [-0.25, -0.2) is 4.98 Å². The minimum absolute atomic E-state index is 0.261. The number of carbonyl (C=O) groups excluding carboxylic acids is 1. The van der Waals surface area contributed by atoms with Crippen LogP contribution in [0.15, 0.2) is 18.3 Å². The van der Waals surface area contributed by atoms with Crippen LogP contribution in [0.4, 0.5) is 5.82 Å². The van der Waals surface area contributed by atoms with E-state index in [4.69, 9.17) is 5.73 Å². The van der Waals surface area contributed by atoms with E-state index in [1.807, 2.05) is 17.0 Å². The molecule has 1 saturated heterocycles. The van der Waals surface area contributed by atoms with Crippen LogP contribution in [-0.4, -0.2) is 28.6 Å². The van der Waals surface area contributed by atoms with Gasteiger partial charge in [-0.2, -0.15) is 0 Å². The summed E-state index contributed by atoms with van der Waals surface area (Å²) in [5.41, 5.74) is 6.19. The van der Waals surface area contributed by atoms with Gasteiger partial charge in [0.2, 0.25) is 5.91 Å². The fourth-order valence-electron chi connectivity index (χ4n) is 2.32. The van der Waals surface area contributed by atoms with Gasteiger partial charge in [0.05, 0.1) is 6.10 Å². The van der Waals surface area contributed by atoms with Crippen molar-refractivity contribution in [2.24, 2.45) is 5.73 Å². The molecule has 1 amide bonds. The standard InChI is InChI=1S/C13H19N3O2/c1-9(17)10-5-6-12(15-8-10)16-7-3-2-4-11(16)13(14)18/h5-6,8-9,11,17H,2-4,7H2,1H3,(H2,14,18)/t9-,11?/m0/s1. The van der Waals surface area contributed by atoms with Crippen LogP contribution < -0.4 is 10.6 Å². The maximum absolute atomic E-state index is 11.4. The van der Waals surface area contributed by atoms with Crippen LogP contribution in [0, 0.1) is 0 Å². The summed E-state index contributed by atoms with van der Waals surface area (Å²) in [5.74, 6) is 0.457. The minimum Gasteiger partial charge on any atom is -0.389 e. The molecule has 0 saturated carbocycles. The summed E-state index contributed by atoms with van der Waals surface area (Å²) in [4.78, 5) is 17.7. The van der Waals surface area contributed by atoms with E-state index in [0.717, 1.165) is 37.2 Å². The Labute approximate surface area is 107 Å². The Bertz CT molecular complexity index is 417. The molecule has 98 valence electrons. The molecule has 1 aromatic heterocycles. The van der Waals surface area contributed by atoms with Crippen molar-refractivity contribution in [2.45, 2.75) is 38.3 Å². The molecule has 1 aliphatic rings. The average molecular weight is 249 g/mol.